The van der Waals surface area contributed by atoms with E-state index in [1.165, 1.54) is 6.26 Å². The molecule has 1 N–H and O–H groups in total. The Hall–Kier alpha value is -3.06. The minimum atomic E-state index is -0.886. The van der Waals surface area contributed by atoms with Crippen molar-refractivity contribution in [3.8, 4) is 17.2 Å². The van der Waals surface area contributed by atoms with E-state index in [0.717, 1.165) is 16.5 Å². The van der Waals surface area contributed by atoms with Gasteiger partial charge < -0.3 is 9.52 Å². The molecule has 1 heterocycles. The van der Waals surface area contributed by atoms with E-state index >= 15 is 0 Å². The minimum absolute atomic E-state index is 0.0593. The molecule has 102 valence electrons. The monoisotopic (exact) mass is 277 g/mol. The number of hydrogen-bond donors (Lipinski definition) is 1. The van der Waals surface area contributed by atoms with Crippen LogP contribution in [0.1, 0.15) is 11.1 Å². The van der Waals surface area contributed by atoms with Crippen LogP contribution >= 0.6 is 0 Å². The fourth-order valence-corrected chi connectivity index (χ4v) is 2.33. The van der Waals surface area contributed by atoms with Gasteiger partial charge in [-0.25, -0.2) is 0 Å². The van der Waals surface area contributed by atoms with Crippen molar-refractivity contribution in [3.05, 3.63) is 59.9 Å². The zero-order valence-electron chi connectivity index (χ0n) is 11.0. The van der Waals surface area contributed by atoms with E-state index in [0.29, 0.717) is 16.7 Å². The fourth-order valence-electron chi connectivity index (χ4n) is 2.33. The van der Waals surface area contributed by atoms with Crippen molar-refractivity contribution in [1.29, 1.82) is 5.26 Å². The lowest BCUT2D eigenvalue weighted by Gasteiger charge is -2.02. The number of carbonyl (C=O) groups is 1. The lowest BCUT2D eigenvalue weighted by Crippen LogP contribution is -1.98. The Morgan fingerprint density at radius 3 is 2.76 bits per heavy atom. The second-order valence-corrected chi connectivity index (χ2v) is 4.74. The first-order valence-electron chi connectivity index (χ1n) is 6.40. The fraction of sp³-hybridized carbons (Fsp3) is 0.0588. The second-order valence-electron chi connectivity index (χ2n) is 4.74. The zero-order chi connectivity index (χ0) is 14.8. The standard InChI is InChI=1S/C17H11NO3/c18-9-11-2-1-3-12(6-11)13-4-5-15-14(8-17(19)20)10-21-16(15)7-13/h1-7,10H,8H2,(H,19,20). The van der Waals surface area contributed by atoms with Gasteiger partial charge in [0, 0.05) is 10.9 Å². The molecule has 0 aliphatic heterocycles. The number of furan rings is 1. The van der Waals surface area contributed by atoms with Gasteiger partial charge in [-0.3, -0.25) is 4.79 Å². The maximum Gasteiger partial charge on any atom is 0.307 e. The highest BCUT2D eigenvalue weighted by Gasteiger charge is 2.10. The van der Waals surface area contributed by atoms with Crippen LogP contribution < -0.4 is 0 Å². The van der Waals surface area contributed by atoms with Crippen LogP contribution in [0.2, 0.25) is 0 Å². The van der Waals surface area contributed by atoms with Crippen LogP contribution in [0.5, 0.6) is 0 Å². The van der Waals surface area contributed by atoms with Gasteiger partial charge in [-0.1, -0.05) is 24.3 Å². The Morgan fingerprint density at radius 1 is 1.19 bits per heavy atom. The molecule has 0 spiro atoms. The quantitative estimate of drug-likeness (QED) is 0.793. The largest absolute Gasteiger partial charge is 0.481 e. The molecule has 0 saturated heterocycles. The summed E-state index contributed by atoms with van der Waals surface area (Å²) < 4.78 is 5.44. The van der Waals surface area contributed by atoms with E-state index in [2.05, 4.69) is 6.07 Å². The zero-order valence-corrected chi connectivity index (χ0v) is 11.0. The van der Waals surface area contributed by atoms with Crippen LogP contribution in [0.15, 0.2) is 53.1 Å². The van der Waals surface area contributed by atoms with Crippen LogP contribution in [-0.4, -0.2) is 11.1 Å². The molecule has 0 unspecified atom stereocenters. The number of rotatable bonds is 3. The first-order valence-corrected chi connectivity index (χ1v) is 6.40. The number of benzene rings is 2. The number of carboxylic acids is 1. The number of hydrogen-bond acceptors (Lipinski definition) is 3. The van der Waals surface area contributed by atoms with Gasteiger partial charge in [0.1, 0.15) is 5.58 Å². The summed E-state index contributed by atoms with van der Waals surface area (Å²) in [5.74, 6) is -0.886. The summed E-state index contributed by atoms with van der Waals surface area (Å²) in [6.07, 6.45) is 1.42. The molecule has 0 aliphatic rings. The molecule has 0 atom stereocenters. The van der Waals surface area contributed by atoms with Gasteiger partial charge in [-0.15, -0.1) is 0 Å². The van der Waals surface area contributed by atoms with E-state index < -0.39 is 5.97 Å². The summed E-state index contributed by atoms with van der Waals surface area (Å²) in [5.41, 5.74) is 3.75. The summed E-state index contributed by atoms with van der Waals surface area (Å²) in [7, 11) is 0. The molecular weight excluding hydrogens is 266 g/mol. The van der Waals surface area contributed by atoms with Crippen LogP contribution in [0.3, 0.4) is 0 Å². The van der Waals surface area contributed by atoms with E-state index in [4.69, 9.17) is 14.8 Å². The van der Waals surface area contributed by atoms with Crippen LogP contribution in [0, 0.1) is 11.3 Å². The highest BCUT2D eigenvalue weighted by atomic mass is 16.4. The van der Waals surface area contributed by atoms with Crippen molar-refractivity contribution < 1.29 is 14.3 Å². The predicted octanol–water partition coefficient (Wildman–Crippen LogP) is 3.60. The molecule has 0 aliphatic carbocycles. The Labute approximate surface area is 120 Å². The SMILES string of the molecule is N#Cc1cccc(-c2ccc3c(CC(=O)O)coc3c2)c1. The van der Waals surface area contributed by atoms with Gasteiger partial charge in [-0.05, 0) is 29.3 Å². The second kappa shape index (κ2) is 5.14. The van der Waals surface area contributed by atoms with E-state index in [1.807, 2.05) is 36.4 Å². The van der Waals surface area contributed by atoms with E-state index in [-0.39, 0.29) is 6.42 Å². The number of nitriles is 1. The summed E-state index contributed by atoms with van der Waals surface area (Å²) in [4.78, 5) is 10.8. The third-order valence-electron chi connectivity index (χ3n) is 3.32. The molecular formula is C17H11NO3. The van der Waals surface area contributed by atoms with Crippen LogP contribution in [0.25, 0.3) is 22.1 Å². The Kier molecular flexibility index (Phi) is 3.17. The van der Waals surface area contributed by atoms with Gasteiger partial charge in [0.05, 0.1) is 24.3 Å². The number of fused-ring (bicyclic) bond motifs is 1. The maximum absolute atomic E-state index is 10.8. The van der Waals surface area contributed by atoms with Gasteiger partial charge in [0.25, 0.3) is 0 Å². The third-order valence-corrected chi connectivity index (χ3v) is 3.32. The Morgan fingerprint density at radius 2 is 2.00 bits per heavy atom. The van der Waals surface area contributed by atoms with Crippen LogP contribution in [0.4, 0.5) is 0 Å². The van der Waals surface area contributed by atoms with Crippen molar-refractivity contribution in [3.63, 3.8) is 0 Å². The first kappa shape index (κ1) is 12.9. The Bertz CT molecular complexity index is 871. The lowest BCUT2D eigenvalue weighted by molar-refractivity contribution is -0.136. The van der Waals surface area contributed by atoms with Gasteiger partial charge in [-0.2, -0.15) is 5.26 Å². The average Bonchev–Trinajstić information content (AvgIpc) is 2.89. The van der Waals surface area contributed by atoms with Crippen molar-refractivity contribution in [2.45, 2.75) is 6.42 Å². The summed E-state index contributed by atoms with van der Waals surface area (Å²) >= 11 is 0. The molecule has 3 rings (SSSR count). The van der Waals surface area contributed by atoms with Crippen molar-refractivity contribution in [2.24, 2.45) is 0 Å². The van der Waals surface area contributed by atoms with E-state index in [9.17, 15) is 4.79 Å². The molecule has 4 heteroatoms. The first-order chi connectivity index (χ1) is 10.2. The van der Waals surface area contributed by atoms with Crippen molar-refractivity contribution in [1.82, 2.24) is 0 Å². The molecule has 21 heavy (non-hydrogen) atoms. The highest BCUT2D eigenvalue weighted by Crippen LogP contribution is 2.28. The maximum atomic E-state index is 10.8. The molecule has 2 aromatic carbocycles. The number of aliphatic carboxylic acids is 1. The summed E-state index contributed by atoms with van der Waals surface area (Å²) in [6.45, 7) is 0. The smallest absolute Gasteiger partial charge is 0.307 e. The number of nitrogens with zero attached hydrogens (tertiary/aromatic N) is 1. The normalized spacial score (nSPS) is 10.4. The molecule has 4 nitrogen and oxygen atoms in total. The van der Waals surface area contributed by atoms with Gasteiger partial charge in [0.15, 0.2) is 0 Å². The molecule has 0 saturated carbocycles. The van der Waals surface area contributed by atoms with E-state index in [1.54, 1.807) is 6.07 Å². The lowest BCUT2D eigenvalue weighted by atomic mass is 10.0. The van der Waals surface area contributed by atoms with Crippen LogP contribution in [-0.2, 0) is 11.2 Å². The predicted molar refractivity (Wildman–Crippen MR) is 77.7 cm³/mol. The third kappa shape index (κ3) is 2.49. The summed E-state index contributed by atoms with van der Waals surface area (Å²) in [6, 6.07) is 15.0. The molecule has 0 amide bonds. The van der Waals surface area contributed by atoms with Crippen molar-refractivity contribution in [2.75, 3.05) is 0 Å². The Balaban J connectivity index is 2.05. The molecule has 0 fully saturated rings. The van der Waals surface area contributed by atoms with Gasteiger partial charge >= 0.3 is 5.97 Å². The molecule has 0 radical (unpaired) electrons. The van der Waals surface area contributed by atoms with Gasteiger partial charge in [0.2, 0.25) is 0 Å². The minimum Gasteiger partial charge on any atom is -0.481 e. The van der Waals surface area contributed by atoms with Crippen molar-refractivity contribution >= 4 is 16.9 Å². The number of carboxylic acid groups (broad SMARTS) is 1. The molecule has 0 bridgehead atoms. The molecule has 3 aromatic rings. The summed E-state index contributed by atoms with van der Waals surface area (Å²) in [5, 5.41) is 18.6. The topological polar surface area (TPSA) is 74.2 Å². The highest BCUT2D eigenvalue weighted by molar-refractivity contribution is 5.88. The average molecular weight is 277 g/mol. The molecule has 1 aromatic heterocycles.